The van der Waals surface area contributed by atoms with Crippen molar-refractivity contribution in [3.63, 3.8) is 0 Å². The number of amides is 1. The first-order valence-corrected chi connectivity index (χ1v) is 7.49. The molecule has 3 N–H and O–H groups in total. The van der Waals surface area contributed by atoms with Gasteiger partial charge in [0.05, 0.1) is 0 Å². The van der Waals surface area contributed by atoms with Crippen molar-refractivity contribution < 1.29 is 9.53 Å². The monoisotopic (exact) mass is 286 g/mol. The van der Waals surface area contributed by atoms with Gasteiger partial charge in [0.15, 0.2) is 0 Å². The predicted octanol–water partition coefficient (Wildman–Crippen LogP) is 0.476. The molecule has 1 aliphatic heterocycles. The van der Waals surface area contributed by atoms with Gasteiger partial charge in [-0.25, -0.2) is 4.79 Å². The third-order valence-corrected chi connectivity index (χ3v) is 3.52. The van der Waals surface area contributed by atoms with E-state index in [1.807, 2.05) is 20.8 Å². The van der Waals surface area contributed by atoms with Gasteiger partial charge >= 0.3 is 6.09 Å². The van der Waals surface area contributed by atoms with E-state index in [9.17, 15) is 4.79 Å². The lowest BCUT2D eigenvalue weighted by Gasteiger charge is -2.38. The molecular formula is C14H30N4O2. The number of ether oxygens (including phenoxy) is 1. The van der Waals surface area contributed by atoms with E-state index in [1.54, 1.807) is 0 Å². The molecule has 0 spiro atoms. The summed E-state index contributed by atoms with van der Waals surface area (Å²) in [6, 6.07) is 0.182. The molecule has 1 rings (SSSR count). The Morgan fingerprint density at radius 3 is 2.35 bits per heavy atom. The van der Waals surface area contributed by atoms with E-state index in [0.717, 1.165) is 32.7 Å². The normalized spacial score (nSPS) is 19.6. The van der Waals surface area contributed by atoms with Crippen LogP contribution in [0.1, 0.15) is 27.7 Å². The van der Waals surface area contributed by atoms with E-state index in [2.05, 4.69) is 22.0 Å². The maximum Gasteiger partial charge on any atom is 0.407 e. The van der Waals surface area contributed by atoms with Crippen molar-refractivity contribution in [2.24, 2.45) is 5.73 Å². The van der Waals surface area contributed by atoms with Crippen molar-refractivity contribution in [2.75, 3.05) is 45.8 Å². The standard InChI is InChI=1S/C14H30N4O2/c1-5-17-6-8-18(9-7-17)12(10-15)11-16-13(19)20-14(2,3)4/h12H,5-11,15H2,1-4H3,(H,16,19). The zero-order valence-electron chi connectivity index (χ0n) is 13.3. The quantitative estimate of drug-likeness (QED) is 0.769. The van der Waals surface area contributed by atoms with Gasteiger partial charge in [-0.1, -0.05) is 6.92 Å². The first-order valence-electron chi connectivity index (χ1n) is 7.49. The van der Waals surface area contributed by atoms with E-state index < -0.39 is 5.60 Å². The van der Waals surface area contributed by atoms with E-state index >= 15 is 0 Å². The van der Waals surface area contributed by atoms with Crippen molar-refractivity contribution in [3.05, 3.63) is 0 Å². The summed E-state index contributed by atoms with van der Waals surface area (Å²) in [4.78, 5) is 16.4. The molecule has 0 aromatic rings. The molecule has 0 aromatic carbocycles. The minimum Gasteiger partial charge on any atom is -0.444 e. The van der Waals surface area contributed by atoms with Gasteiger partial charge in [-0.15, -0.1) is 0 Å². The number of hydrogen-bond donors (Lipinski definition) is 2. The Hall–Kier alpha value is -0.850. The molecule has 1 amide bonds. The Morgan fingerprint density at radius 2 is 1.90 bits per heavy atom. The smallest absolute Gasteiger partial charge is 0.407 e. The second-order valence-corrected chi connectivity index (χ2v) is 6.24. The Kier molecular flexibility index (Phi) is 6.71. The molecule has 0 aromatic heterocycles. The Labute approximate surface area is 122 Å². The second kappa shape index (κ2) is 7.81. The van der Waals surface area contributed by atoms with Crippen LogP contribution in [0.25, 0.3) is 0 Å². The van der Waals surface area contributed by atoms with E-state index in [-0.39, 0.29) is 12.1 Å². The fourth-order valence-electron chi connectivity index (χ4n) is 2.32. The maximum atomic E-state index is 11.7. The van der Waals surface area contributed by atoms with Crippen LogP contribution in [0, 0.1) is 0 Å². The zero-order chi connectivity index (χ0) is 15.2. The highest BCUT2D eigenvalue weighted by Gasteiger charge is 2.23. The van der Waals surface area contributed by atoms with Crippen molar-refractivity contribution in [3.8, 4) is 0 Å². The highest BCUT2D eigenvalue weighted by molar-refractivity contribution is 5.67. The topological polar surface area (TPSA) is 70.8 Å². The Morgan fingerprint density at radius 1 is 1.30 bits per heavy atom. The molecule has 1 atom stereocenters. The number of hydrogen-bond acceptors (Lipinski definition) is 5. The molecule has 0 aliphatic carbocycles. The number of nitrogens with two attached hydrogens (primary N) is 1. The summed E-state index contributed by atoms with van der Waals surface area (Å²) < 4.78 is 5.24. The summed E-state index contributed by atoms with van der Waals surface area (Å²) in [5.41, 5.74) is 5.37. The molecule has 0 saturated carbocycles. The average Bonchev–Trinajstić information content (AvgIpc) is 2.38. The highest BCUT2D eigenvalue weighted by Crippen LogP contribution is 2.08. The predicted molar refractivity (Wildman–Crippen MR) is 80.8 cm³/mol. The van der Waals surface area contributed by atoms with Crippen LogP contribution in [0.5, 0.6) is 0 Å². The van der Waals surface area contributed by atoms with E-state index in [1.165, 1.54) is 0 Å². The first-order chi connectivity index (χ1) is 9.35. The Bertz CT molecular complexity index is 296. The number of nitrogens with one attached hydrogen (secondary N) is 1. The summed E-state index contributed by atoms with van der Waals surface area (Å²) in [6.07, 6.45) is -0.372. The number of nitrogens with zero attached hydrogens (tertiary/aromatic N) is 2. The van der Waals surface area contributed by atoms with E-state index in [0.29, 0.717) is 13.1 Å². The summed E-state index contributed by atoms with van der Waals surface area (Å²) in [7, 11) is 0. The van der Waals surface area contributed by atoms with Gasteiger partial charge in [-0.2, -0.15) is 0 Å². The van der Waals surface area contributed by atoms with Crippen LogP contribution in [0.2, 0.25) is 0 Å². The third-order valence-electron chi connectivity index (χ3n) is 3.52. The zero-order valence-corrected chi connectivity index (χ0v) is 13.3. The minimum atomic E-state index is -0.463. The number of carbonyl (C=O) groups is 1. The highest BCUT2D eigenvalue weighted by atomic mass is 16.6. The number of likely N-dealkylation sites (N-methyl/N-ethyl adjacent to an activating group) is 1. The van der Waals surface area contributed by atoms with Crippen LogP contribution < -0.4 is 11.1 Å². The summed E-state index contributed by atoms with van der Waals surface area (Å²) in [5, 5.41) is 2.82. The summed E-state index contributed by atoms with van der Waals surface area (Å²) >= 11 is 0. The first kappa shape index (κ1) is 17.2. The number of alkyl carbamates (subject to hydrolysis) is 1. The lowest BCUT2D eigenvalue weighted by atomic mass is 10.2. The van der Waals surface area contributed by atoms with Crippen molar-refractivity contribution in [2.45, 2.75) is 39.3 Å². The van der Waals surface area contributed by atoms with Gasteiger partial charge in [-0.3, -0.25) is 4.90 Å². The SMILES string of the molecule is CCN1CCN(C(CN)CNC(=O)OC(C)(C)C)CC1. The molecule has 0 radical (unpaired) electrons. The van der Waals surface area contributed by atoms with Gasteiger partial charge in [0, 0.05) is 45.3 Å². The van der Waals surface area contributed by atoms with Crippen molar-refractivity contribution >= 4 is 6.09 Å². The molecule has 20 heavy (non-hydrogen) atoms. The van der Waals surface area contributed by atoms with Crippen LogP contribution >= 0.6 is 0 Å². The van der Waals surface area contributed by atoms with E-state index in [4.69, 9.17) is 10.5 Å². The fraction of sp³-hybridized carbons (Fsp3) is 0.929. The summed E-state index contributed by atoms with van der Waals surface area (Å²) in [5.74, 6) is 0. The van der Waals surface area contributed by atoms with Crippen molar-refractivity contribution in [1.29, 1.82) is 0 Å². The maximum absolute atomic E-state index is 11.7. The molecule has 6 heteroatoms. The molecule has 118 valence electrons. The number of rotatable bonds is 5. The lowest BCUT2D eigenvalue weighted by Crippen LogP contribution is -2.55. The molecule has 1 unspecified atom stereocenters. The van der Waals surface area contributed by atoms with Gasteiger partial charge < -0.3 is 20.7 Å². The largest absolute Gasteiger partial charge is 0.444 e. The summed E-state index contributed by atoms with van der Waals surface area (Å²) in [6.45, 7) is 14.1. The third kappa shape index (κ3) is 6.07. The van der Waals surface area contributed by atoms with Gasteiger partial charge in [0.25, 0.3) is 0 Å². The lowest BCUT2D eigenvalue weighted by molar-refractivity contribution is 0.0489. The molecule has 1 heterocycles. The molecule has 6 nitrogen and oxygen atoms in total. The van der Waals surface area contributed by atoms with Crippen LogP contribution in [0.3, 0.4) is 0 Å². The van der Waals surface area contributed by atoms with Gasteiger partial charge in [0.1, 0.15) is 5.60 Å². The fourth-order valence-corrected chi connectivity index (χ4v) is 2.32. The van der Waals surface area contributed by atoms with Crippen molar-refractivity contribution in [1.82, 2.24) is 15.1 Å². The molecule has 0 bridgehead atoms. The number of carbonyl (C=O) groups excluding carboxylic acids is 1. The Balaban J connectivity index is 2.34. The minimum absolute atomic E-state index is 0.182. The van der Waals surface area contributed by atoms with Crippen LogP contribution in [0.4, 0.5) is 4.79 Å². The van der Waals surface area contributed by atoms with Gasteiger partial charge in [0.2, 0.25) is 0 Å². The number of piperazine rings is 1. The second-order valence-electron chi connectivity index (χ2n) is 6.24. The average molecular weight is 286 g/mol. The van der Waals surface area contributed by atoms with Crippen LogP contribution in [0.15, 0.2) is 0 Å². The van der Waals surface area contributed by atoms with Gasteiger partial charge in [-0.05, 0) is 27.3 Å². The molecule has 1 aliphatic rings. The molecular weight excluding hydrogens is 256 g/mol. The molecule has 1 saturated heterocycles. The van der Waals surface area contributed by atoms with Crippen LogP contribution in [-0.4, -0.2) is 73.3 Å². The molecule has 1 fully saturated rings. The van der Waals surface area contributed by atoms with Crippen LogP contribution in [-0.2, 0) is 4.74 Å².